The molecule has 1 aliphatic rings. The molecule has 0 bridgehead atoms. The summed E-state index contributed by atoms with van der Waals surface area (Å²) in [7, 11) is -4.39. The maximum absolute atomic E-state index is 10.7. The summed E-state index contributed by atoms with van der Waals surface area (Å²) >= 11 is 11.4. The smallest absolute Gasteiger partial charge is 0.272 e. The minimum Gasteiger partial charge on any atom is -0.272 e. The third kappa shape index (κ3) is 2.70. The first-order valence-electron chi connectivity index (χ1n) is 3.99. The Kier molecular flexibility index (Phi) is 3.46. The lowest BCUT2D eigenvalue weighted by atomic mass is 9.96. The first-order chi connectivity index (χ1) is 5.86. The molecule has 1 rings (SSSR count). The van der Waals surface area contributed by atoms with E-state index in [0.717, 1.165) is 19.3 Å². The Morgan fingerprint density at radius 1 is 1.23 bits per heavy atom. The van der Waals surface area contributed by atoms with Gasteiger partial charge in [-0.2, -0.15) is 8.42 Å². The highest BCUT2D eigenvalue weighted by atomic mass is 35.5. The van der Waals surface area contributed by atoms with Gasteiger partial charge >= 0.3 is 10.3 Å². The van der Waals surface area contributed by atoms with Gasteiger partial charge in [-0.3, -0.25) is 4.55 Å². The van der Waals surface area contributed by atoms with Crippen LogP contribution in [0.15, 0.2) is 0 Å². The zero-order valence-electron chi connectivity index (χ0n) is 6.91. The van der Waals surface area contributed by atoms with Gasteiger partial charge in [0, 0.05) is 0 Å². The molecule has 0 atom stereocenters. The standard InChI is InChI=1S/C6H11Cl2NO3S/c7-6(4-2-1-3-5-6)9(8)13(10,11)12/h1-5H2,(H,10,11,12). The Bertz CT molecular complexity index is 274. The molecule has 0 heterocycles. The SMILES string of the molecule is O=S(=O)(O)N(Cl)C1(Cl)CCCCC1. The van der Waals surface area contributed by atoms with Gasteiger partial charge in [-0.25, -0.2) is 0 Å². The number of rotatable bonds is 2. The summed E-state index contributed by atoms with van der Waals surface area (Å²) in [6.07, 6.45) is 3.60. The van der Waals surface area contributed by atoms with Crippen molar-refractivity contribution in [2.75, 3.05) is 0 Å². The number of hydrogen-bond donors (Lipinski definition) is 1. The van der Waals surface area contributed by atoms with E-state index < -0.39 is 15.3 Å². The second-order valence-corrected chi connectivity index (χ2v) is 5.67. The lowest BCUT2D eigenvalue weighted by Gasteiger charge is -2.34. The molecule has 1 N–H and O–H groups in total. The largest absolute Gasteiger partial charge is 0.351 e. The van der Waals surface area contributed by atoms with E-state index in [2.05, 4.69) is 0 Å². The summed E-state index contributed by atoms with van der Waals surface area (Å²) in [4.78, 5) is -1.15. The van der Waals surface area contributed by atoms with Crippen molar-refractivity contribution < 1.29 is 13.0 Å². The molecule has 0 unspecified atom stereocenters. The molecule has 0 amide bonds. The Hall–Kier alpha value is 0.450. The van der Waals surface area contributed by atoms with Gasteiger partial charge in [0.2, 0.25) is 0 Å². The van der Waals surface area contributed by atoms with Gasteiger partial charge in [-0.15, -0.1) is 0 Å². The van der Waals surface area contributed by atoms with Crippen LogP contribution in [0.3, 0.4) is 0 Å². The summed E-state index contributed by atoms with van der Waals surface area (Å²) in [5.74, 6) is 0. The highest BCUT2D eigenvalue weighted by Crippen LogP contribution is 2.39. The highest BCUT2D eigenvalue weighted by molar-refractivity contribution is 7.84. The van der Waals surface area contributed by atoms with E-state index >= 15 is 0 Å². The second kappa shape index (κ2) is 3.90. The van der Waals surface area contributed by atoms with Crippen molar-refractivity contribution >= 4 is 33.7 Å². The molecule has 78 valence electrons. The van der Waals surface area contributed by atoms with Crippen LogP contribution >= 0.6 is 23.4 Å². The minimum atomic E-state index is -4.39. The summed E-state index contributed by atoms with van der Waals surface area (Å²) in [5, 5.41) is 0. The Balaban J connectivity index is 2.79. The van der Waals surface area contributed by atoms with Gasteiger partial charge in [0.25, 0.3) is 0 Å². The second-order valence-electron chi connectivity index (χ2n) is 3.17. The minimum absolute atomic E-state index is 0.334. The lowest BCUT2D eigenvalue weighted by Crippen LogP contribution is -2.42. The predicted molar refractivity (Wildman–Crippen MR) is 50.9 cm³/mol. The van der Waals surface area contributed by atoms with E-state index in [9.17, 15) is 8.42 Å². The van der Waals surface area contributed by atoms with E-state index in [1.807, 2.05) is 0 Å². The molecule has 0 spiro atoms. The van der Waals surface area contributed by atoms with E-state index in [-0.39, 0.29) is 0 Å². The van der Waals surface area contributed by atoms with E-state index in [1.165, 1.54) is 0 Å². The van der Waals surface area contributed by atoms with Crippen molar-refractivity contribution in [3.05, 3.63) is 0 Å². The molecule has 0 aromatic heterocycles. The Morgan fingerprint density at radius 3 is 2.08 bits per heavy atom. The molecular weight excluding hydrogens is 237 g/mol. The van der Waals surface area contributed by atoms with E-state index in [0.29, 0.717) is 16.7 Å². The van der Waals surface area contributed by atoms with Crippen LogP contribution in [-0.4, -0.2) is 21.8 Å². The van der Waals surface area contributed by atoms with Crippen LogP contribution in [0.1, 0.15) is 32.1 Å². The van der Waals surface area contributed by atoms with Crippen molar-refractivity contribution in [3.8, 4) is 0 Å². The van der Waals surface area contributed by atoms with Gasteiger partial charge in [-0.1, -0.05) is 34.7 Å². The van der Waals surface area contributed by atoms with Crippen LogP contribution < -0.4 is 0 Å². The molecule has 0 radical (unpaired) electrons. The number of halogens is 2. The Labute approximate surface area is 87.8 Å². The molecule has 1 aliphatic carbocycles. The summed E-state index contributed by atoms with van der Waals surface area (Å²) in [5.41, 5.74) is 0. The van der Waals surface area contributed by atoms with Gasteiger partial charge in [-0.05, 0) is 24.6 Å². The zero-order valence-corrected chi connectivity index (χ0v) is 9.24. The topological polar surface area (TPSA) is 57.6 Å². The van der Waals surface area contributed by atoms with E-state index in [4.69, 9.17) is 27.9 Å². The average Bonchev–Trinajstić information content (AvgIpc) is 2.03. The van der Waals surface area contributed by atoms with Crippen LogP contribution in [0.25, 0.3) is 0 Å². The van der Waals surface area contributed by atoms with Crippen molar-refractivity contribution in [2.24, 2.45) is 0 Å². The average molecular weight is 248 g/mol. The molecule has 1 fully saturated rings. The fourth-order valence-corrected chi connectivity index (χ4v) is 2.77. The Morgan fingerprint density at radius 2 is 1.69 bits per heavy atom. The molecule has 13 heavy (non-hydrogen) atoms. The predicted octanol–water partition coefficient (Wildman–Crippen LogP) is 2.14. The van der Waals surface area contributed by atoms with Crippen LogP contribution in [0, 0.1) is 0 Å². The lowest BCUT2D eigenvalue weighted by molar-refractivity contribution is 0.276. The third-order valence-corrected chi connectivity index (χ3v) is 4.47. The van der Waals surface area contributed by atoms with Gasteiger partial charge in [0.05, 0.1) is 0 Å². The molecule has 4 nitrogen and oxygen atoms in total. The quantitative estimate of drug-likeness (QED) is 0.352. The van der Waals surface area contributed by atoms with Gasteiger partial charge in [0.1, 0.15) is 5.00 Å². The van der Waals surface area contributed by atoms with Crippen LogP contribution in [-0.2, 0) is 10.3 Å². The van der Waals surface area contributed by atoms with Crippen molar-refractivity contribution in [1.82, 2.24) is 3.82 Å². The molecular formula is C6H11Cl2NO3S. The fourth-order valence-electron chi connectivity index (χ4n) is 1.48. The van der Waals surface area contributed by atoms with Crippen LogP contribution in [0.2, 0.25) is 0 Å². The summed E-state index contributed by atoms with van der Waals surface area (Å²) in [6, 6.07) is 0. The van der Waals surface area contributed by atoms with E-state index in [1.54, 1.807) is 0 Å². The number of hydrogen-bond acceptors (Lipinski definition) is 2. The van der Waals surface area contributed by atoms with Crippen LogP contribution in [0.4, 0.5) is 0 Å². The molecule has 0 aromatic rings. The first kappa shape index (κ1) is 11.5. The van der Waals surface area contributed by atoms with Gasteiger partial charge in [0.15, 0.2) is 0 Å². The van der Waals surface area contributed by atoms with Crippen molar-refractivity contribution in [2.45, 2.75) is 37.1 Å². The normalized spacial score (nSPS) is 23.4. The molecule has 0 aliphatic heterocycles. The maximum atomic E-state index is 10.7. The monoisotopic (exact) mass is 247 g/mol. The first-order valence-corrected chi connectivity index (χ1v) is 6.10. The van der Waals surface area contributed by atoms with Crippen molar-refractivity contribution in [3.63, 3.8) is 0 Å². The molecule has 7 heteroatoms. The molecule has 1 saturated carbocycles. The molecule has 0 aromatic carbocycles. The molecule has 0 saturated heterocycles. The fraction of sp³-hybridized carbons (Fsp3) is 1.00. The zero-order chi connectivity index (χ0) is 10.1. The van der Waals surface area contributed by atoms with Crippen molar-refractivity contribution in [1.29, 1.82) is 0 Å². The van der Waals surface area contributed by atoms with Gasteiger partial charge < -0.3 is 0 Å². The number of alkyl halides is 1. The number of nitrogens with zero attached hydrogens (tertiary/aromatic N) is 1. The maximum Gasteiger partial charge on any atom is 0.351 e. The summed E-state index contributed by atoms with van der Waals surface area (Å²) in [6.45, 7) is 0. The summed E-state index contributed by atoms with van der Waals surface area (Å²) < 4.78 is 30.4. The van der Waals surface area contributed by atoms with Crippen LogP contribution in [0.5, 0.6) is 0 Å². The highest BCUT2D eigenvalue weighted by Gasteiger charge is 2.41. The third-order valence-electron chi connectivity index (χ3n) is 2.14.